The first-order chi connectivity index (χ1) is 11.6. The second kappa shape index (κ2) is 7.16. The number of Topliss-reactive ketones (excluding diaryl/α,β-unsaturated/α-hetero) is 1. The Hall–Kier alpha value is -2.17. The maximum atomic E-state index is 12.9. The summed E-state index contributed by atoms with van der Waals surface area (Å²) in [6, 6.07) is 17.0. The van der Waals surface area contributed by atoms with Crippen molar-refractivity contribution in [1.82, 2.24) is 4.90 Å². The molecular formula is C20H23NO3. The average molecular weight is 325 g/mol. The number of carbonyl (C=O) groups is 1. The molecule has 0 spiro atoms. The summed E-state index contributed by atoms with van der Waals surface area (Å²) in [7, 11) is 0. The highest BCUT2D eigenvalue weighted by Gasteiger charge is 2.35. The van der Waals surface area contributed by atoms with E-state index in [1.165, 1.54) is 0 Å². The molecule has 0 bridgehead atoms. The fourth-order valence-corrected chi connectivity index (χ4v) is 2.92. The van der Waals surface area contributed by atoms with Crippen molar-refractivity contribution in [2.75, 3.05) is 26.3 Å². The summed E-state index contributed by atoms with van der Waals surface area (Å²) in [5.41, 5.74) is 0.165. The molecule has 126 valence electrons. The molecule has 2 aromatic carbocycles. The molecule has 1 saturated heterocycles. The molecule has 1 aliphatic rings. The van der Waals surface area contributed by atoms with Crippen molar-refractivity contribution in [2.45, 2.75) is 19.4 Å². The van der Waals surface area contributed by atoms with Gasteiger partial charge in [-0.05, 0) is 50.2 Å². The van der Waals surface area contributed by atoms with Crippen LogP contribution in [0.25, 0.3) is 0 Å². The summed E-state index contributed by atoms with van der Waals surface area (Å²) in [5, 5.41) is 0. The molecule has 0 aromatic heterocycles. The van der Waals surface area contributed by atoms with E-state index in [0.717, 1.165) is 24.6 Å². The molecule has 0 unspecified atom stereocenters. The van der Waals surface area contributed by atoms with E-state index in [1.807, 2.05) is 68.4 Å². The first kappa shape index (κ1) is 16.7. The lowest BCUT2D eigenvalue weighted by molar-refractivity contribution is -0.00429. The topological polar surface area (TPSA) is 38.8 Å². The van der Waals surface area contributed by atoms with Crippen molar-refractivity contribution < 1.29 is 14.3 Å². The lowest BCUT2D eigenvalue weighted by Crippen LogP contribution is -2.54. The number of benzene rings is 2. The Kier molecular flexibility index (Phi) is 4.97. The minimum Gasteiger partial charge on any atom is -0.457 e. The Morgan fingerprint density at radius 2 is 1.54 bits per heavy atom. The van der Waals surface area contributed by atoms with Crippen molar-refractivity contribution in [1.29, 1.82) is 0 Å². The summed E-state index contributed by atoms with van der Waals surface area (Å²) in [5.74, 6) is 1.63. The summed E-state index contributed by atoms with van der Waals surface area (Å²) >= 11 is 0. The molecule has 1 fully saturated rings. The number of rotatable bonds is 5. The van der Waals surface area contributed by atoms with Gasteiger partial charge in [-0.2, -0.15) is 0 Å². The predicted octanol–water partition coefficient (Wildman–Crippen LogP) is 3.77. The molecule has 0 saturated carbocycles. The molecule has 1 heterocycles. The van der Waals surface area contributed by atoms with Crippen molar-refractivity contribution in [3.63, 3.8) is 0 Å². The van der Waals surface area contributed by atoms with E-state index in [4.69, 9.17) is 9.47 Å². The van der Waals surface area contributed by atoms with Crippen LogP contribution in [0, 0.1) is 0 Å². The third-order valence-electron chi connectivity index (χ3n) is 4.45. The van der Waals surface area contributed by atoms with Crippen LogP contribution in [0.3, 0.4) is 0 Å². The first-order valence-corrected chi connectivity index (χ1v) is 8.28. The molecule has 4 heteroatoms. The zero-order valence-electron chi connectivity index (χ0n) is 14.2. The Bertz CT molecular complexity index is 674. The average Bonchev–Trinajstić information content (AvgIpc) is 2.63. The van der Waals surface area contributed by atoms with E-state index in [1.54, 1.807) is 0 Å². The van der Waals surface area contributed by atoms with E-state index in [9.17, 15) is 4.79 Å². The van der Waals surface area contributed by atoms with E-state index < -0.39 is 5.54 Å². The van der Waals surface area contributed by atoms with E-state index in [-0.39, 0.29) is 5.78 Å². The maximum Gasteiger partial charge on any atom is 0.182 e. The zero-order chi connectivity index (χ0) is 17.0. The van der Waals surface area contributed by atoms with E-state index >= 15 is 0 Å². The van der Waals surface area contributed by atoms with Crippen LogP contribution in [-0.2, 0) is 4.74 Å². The van der Waals surface area contributed by atoms with Crippen LogP contribution in [0.15, 0.2) is 54.6 Å². The van der Waals surface area contributed by atoms with Gasteiger partial charge in [-0.15, -0.1) is 0 Å². The van der Waals surface area contributed by atoms with Crippen molar-refractivity contribution >= 4 is 5.78 Å². The summed E-state index contributed by atoms with van der Waals surface area (Å²) in [6.07, 6.45) is 0. The lowest BCUT2D eigenvalue weighted by Gasteiger charge is -2.39. The maximum absolute atomic E-state index is 12.9. The van der Waals surface area contributed by atoms with Gasteiger partial charge in [0.15, 0.2) is 5.78 Å². The van der Waals surface area contributed by atoms with Gasteiger partial charge in [-0.1, -0.05) is 18.2 Å². The molecule has 2 aromatic rings. The van der Waals surface area contributed by atoms with Gasteiger partial charge in [0.1, 0.15) is 11.5 Å². The molecule has 0 atom stereocenters. The molecule has 0 amide bonds. The van der Waals surface area contributed by atoms with Gasteiger partial charge in [0.05, 0.1) is 18.8 Å². The molecule has 3 rings (SSSR count). The van der Waals surface area contributed by atoms with E-state index in [0.29, 0.717) is 18.8 Å². The van der Waals surface area contributed by atoms with Crippen LogP contribution in [0.4, 0.5) is 0 Å². The zero-order valence-corrected chi connectivity index (χ0v) is 14.2. The number of hydrogen-bond donors (Lipinski definition) is 0. The van der Waals surface area contributed by atoms with Crippen molar-refractivity contribution in [3.8, 4) is 11.5 Å². The Morgan fingerprint density at radius 1 is 0.958 bits per heavy atom. The molecular weight excluding hydrogens is 302 g/mol. The van der Waals surface area contributed by atoms with Crippen LogP contribution >= 0.6 is 0 Å². The van der Waals surface area contributed by atoms with Crippen LogP contribution in [-0.4, -0.2) is 42.5 Å². The molecule has 0 radical (unpaired) electrons. The monoisotopic (exact) mass is 325 g/mol. The number of nitrogens with zero attached hydrogens (tertiary/aromatic N) is 1. The third kappa shape index (κ3) is 3.66. The minimum absolute atomic E-state index is 0.121. The second-order valence-corrected chi connectivity index (χ2v) is 6.43. The summed E-state index contributed by atoms with van der Waals surface area (Å²) < 4.78 is 11.2. The van der Waals surface area contributed by atoms with Gasteiger partial charge in [-0.25, -0.2) is 0 Å². The van der Waals surface area contributed by atoms with Gasteiger partial charge in [0, 0.05) is 18.7 Å². The molecule has 1 aliphatic heterocycles. The number of morpholine rings is 1. The second-order valence-electron chi connectivity index (χ2n) is 6.43. The number of ether oxygens (including phenoxy) is 2. The standard InChI is InChI=1S/C20H23NO3/c1-20(2,21-12-14-23-15-13-21)19(22)16-8-10-18(11-9-16)24-17-6-4-3-5-7-17/h3-11H,12-15H2,1-2H3. The van der Waals surface area contributed by atoms with Gasteiger partial charge < -0.3 is 9.47 Å². The fourth-order valence-electron chi connectivity index (χ4n) is 2.92. The number of ketones is 1. The highest BCUT2D eigenvalue weighted by Crippen LogP contribution is 2.25. The highest BCUT2D eigenvalue weighted by molar-refractivity contribution is 6.02. The van der Waals surface area contributed by atoms with Crippen LogP contribution in [0.2, 0.25) is 0 Å². The number of hydrogen-bond acceptors (Lipinski definition) is 4. The number of para-hydroxylation sites is 1. The molecule has 24 heavy (non-hydrogen) atoms. The minimum atomic E-state index is -0.536. The van der Waals surface area contributed by atoms with Crippen molar-refractivity contribution in [3.05, 3.63) is 60.2 Å². The van der Waals surface area contributed by atoms with Crippen LogP contribution in [0.1, 0.15) is 24.2 Å². The van der Waals surface area contributed by atoms with Gasteiger partial charge in [-0.3, -0.25) is 9.69 Å². The van der Waals surface area contributed by atoms with Gasteiger partial charge in [0.25, 0.3) is 0 Å². The van der Waals surface area contributed by atoms with Crippen LogP contribution in [0.5, 0.6) is 11.5 Å². The smallest absolute Gasteiger partial charge is 0.182 e. The Morgan fingerprint density at radius 3 is 2.17 bits per heavy atom. The van der Waals surface area contributed by atoms with Gasteiger partial charge >= 0.3 is 0 Å². The normalized spacial score (nSPS) is 15.9. The van der Waals surface area contributed by atoms with E-state index in [2.05, 4.69) is 4.90 Å². The first-order valence-electron chi connectivity index (χ1n) is 8.28. The predicted molar refractivity (Wildman–Crippen MR) is 93.8 cm³/mol. The largest absolute Gasteiger partial charge is 0.457 e. The van der Waals surface area contributed by atoms with Crippen molar-refractivity contribution in [2.24, 2.45) is 0 Å². The fraction of sp³-hybridized carbons (Fsp3) is 0.350. The molecule has 0 N–H and O–H groups in total. The SMILES string of the molecule is CC(C)(C(=O)c1ccc(Oc2ccccc2)cc1)N1CCOCC1. The van der Waals surface area contributed by atoms with Crippen LogP contribution < -0.4 is 4.74 Å². The highest BCUT2D eigenvalue weighted by atomic mass is 16.5. The lowest BCUT2D eigenvalue weighted by atomic mass is 9.91. The quantitative estimate of drug-likeness (QED) is 0.784. The summed E-state index contributed by atoms with van der Waals surface area (Å²) in [6.45, 7) is 6.90. The summed E-state index contributed by atoms with van der Waals surface area (Å²) in [4.78, 5) is 15.1. The van der Waals surface area contributed by atoms with Gasteiger partial charge in [0.2, 0.25) is 0 Å². The number of carbonyl (C=O) groups excluding carboxylic acids is 1. The Balaban J connectivity index is 1.71. The third-order valence-corrected chi connectivity index (χ3v) is 4.45. The Labute approximate surface area is 143 Å². The molecule has 4 nitrogen and oxygen atoms in total. The molecule has 0 aliphatic carbocycles.